The van der Waals surface area contributed by atoms with Crippen LogP contribution in [0.4, 0.5) is 5.69 Å². The van der Waals surface area contributed by atoms with E-state index in [1.165, 1.54) is 0 Å². The molecule has 2 rings (SSSR count). The number of aromatic nitrogens is 2. The molecule has 6 heteroatoms. The van der Waals surface area contributed by atoms with Crippen molar-refractivity contribution in [2.45, 2.75) is 27.0 Å². The molecule has 0 fully saturated rings. The van der Waals surface area contributed by atoms with Gasteiger partial charge in [-0.1, -0.05) is 0 Å². The number of hydrogen-bond donors (Lipinski definition) is 1. The zero-order chi connectivity index (χ0) is 15.2. The monoisotopic (exact) mass is 289 g/mol. The van der Waals surface area contributed by atoms with Gasteiger partial charge >= 0.3 is 5.97 Å². The van der Waals surface area contributed by atoms with Gasteiger partial charge in [-0.3, -0.25) is 4.68 Å². The van der Waals surface area contributed by atoms with E-state index in [9.17, 15) is 4.79 Å². The number of hydrogen-bond acceptors (Lipinski definition) is 5. The first kappa shape index (κ1) is 14.9. The normalized spacial score (nSPS) is 10.4. The summed E-state index contributed by atoms with van der Waals surface area (Å²) in [5.41, 5.74) is 7.99. The second-order valence-corrected chi connectivity index (χ2v) is 4.61. The summed E-state index contributed by atoms with van der Waals surface area (Å²) in [5.74, 6) is 0.156. The third kappa shape index (κ3) is 4.24. The van der Waals surface area contributed by atoms with Crippen molar-refractivity contribution in [2.24, 2.45) is 0 Å². The molecule has 0 aliphatic carbocycles. The minimum atomic E-state index is -0.423. The fourth-order valence-corrected chi connectivity index (χ4v) is 1.89. The Balaban J connectivity index is 1.80. The zero-order valence-corrected chi connectivity index (χ0v) is 12.2. The first-order chi connectivity index (χ1) is 10.1. The van der Waals surface area contributed by atoms with E-state index in [0.717, 1.165) is 17.9 Å². The van der Waals surface area contributed by atoms with Crippen molar-refractivity contribution < 1.29 is 14.3 Å². The Hall–Kier alpha value is -2.50. The van der Waals surface area contributed by atoms with E-state index in [-0.39, 0.29) is 13.2 Å². The number of carbonyl (C=O) groups excluding carboxylic acids is 1. The quantitative estimate of drug-likeness (QED) is 0.649. The van der Waals surface area contributed by atoms with E-state index >= 15 is 0 Å². The molecule has 0 radical (unpaired) electrons. The van der Waals surface area contributed by atoms with Crippen LogP contribution in [0.1, 0.15) is 18.3 Å². The van der Waals surface area contributed by atoms with Gasteiger partial charge in [0.25, 0.3) is 0 Å². The van der Waals surface area contributed by atoms with Crippen molar-refractivity contribution in [2.75, 3.05) is 12.3 Å². The zero-order valence-electron chi connectivity index (χ0n) is 12.2. The molecule has 0 saturated carbocycles. The van der Waals surface area contributed by atoms with Crippen LogP contribution in [0.3, 0.4) is 0 Å². The number of aryl methyl sites for hydroxylation is 2. The van der Waals surface area contributed by atoms with E-state index in [2.05, 4.69) is 5.10 Å². The van der Waals surface area contributed by atoms with Crippen molar-refractivity contribution in [1.29, 1.82) is 0 Å². The molecule has 0 bridgehead atoms. The van der Waals surface area contributed by atoms with E-state index in [4.69, 9.17) is 15.2 Å². The summed E-state index contributed by atoms with van der Waals surface area (Å²) in [7, 11) is 0. The maximum Gasteiger partial charge on any atom is 0.344 e. The van der Waals surface area contributed by atoms with E-state index in [1.54, 1.807) is 24.3 Å². The highest BCUT2D eigenvalue weighted by molar-refractivity contribution is 5.71. The average Bonchev–Trinajstić information content (AvgIpc) is 2.84. The minimum absolute atomic E-state index is 0.136. The number of benzene rings is 1. The molecule has 0 aliphatic rings. The van der Waals surface area contributed by atoms with Crippen LogP contribution in [-0.2, 0) is 22.7 Å². The molecule has 2 N–H and O–H groups in total. The number of ether oxygens (including phenoxy) is 2. The van der Waals surface area contributed by atoms with Crippen LogP contribution >= 0.6 is 0 Å². The second-order valence-electron chi connectivity index (χ2n) is 4.61. The molecule has 112 valence electrons. The highest BCUT2D eigenvalue weighted by atomic mass is 16.6. The van der Waals surface area contributed by atoms with Crippen molar-refractivity contribution >= 4 is 11.7 Å². The van der Waals surface area contributed by atoms with Gasteiger partial charge < -0.3 is 15.2 Å². The summed E-state index contributed by atoms with van der Waals surface area (Å²) in [5, 5.41) is 4.29. The molecule has 1 aromatic carbocycles. The number of anilines is 1. The standard InChI is InChI=1S/C15H19N3O3/c1-3-18-13(8-11(2)17-18)9-21-15(19)10-20-14-6-4-12(16)5-7-14/h4-8H,3,9-10,16H2,1-2H3. The summed E-state index contributed by atoms with van der Waals surface area (Å²) < 4.78 is 12.3. The molecule has 21 heavy (non-hydrogen) atoms. The van der Waals surface area contributed by atoms with Crippen molar-refractivity contribution in [1.82, 2.24) is 9.78 Å². The van der Waals surface area contributed by atoms with E-state index in [0.29, 0.717) is 11.4 Å². The Labute approximate surface area is 123 Å². The predicted octanol–water partition coefficient (Wildman–Crippen LogP) is 1.92. The summed E-state index contributed by atoms with van der Waals surface area (Å²) in [4.78, 5) is 11.7. The molecule has 0 aliphatic heterocycles. The van der Waals surface area contributed by atoms with Crippen molar-refractivity contribution in [3.05, 3.63) is 41.7 Å². The van der Waals surface area contributed by atoms with Crippen molar-refractivity contribution in [3.63, 3.8) is 0 Å². The predicted molar refractivity (Wildman–Crippen MR) is 78.8 cm³/mol. The lowest BCUT2D eigenvalue weighted by atomic mass is 10.3. The Morgan fingerprint density at radius 3 is 2.71 bits per heavy atom. The molecule has 2 aromatic rings. The second kappa shape index (κ2) is 6.78. The fraction of sp³-hybridized carbons (Fsp3) is 0.333. The summed E-state index contributed by atoms with van der Waals surface area (Å²) in [6.45, 7) is 4.69. The lowest BCUT2D eigenvalue weighted by Gasteiger charge is -2.08. The van der Waals surface area contributed by atoms with Gasteiger partial charge in [0.2, 0.25) is 0 Å². The first-order valence-electron chi connectivity index (χ1n) is 6.75. The summed E-state index contributed by atoms with van der Waals surface area (Å²) in [6, 6.07) is 8.74. The summed E-state index contributed by atoms with van der Waals surface area (Å²) in [6.07, 6.45) is 0. The van der Waals surface area contributed by atoms with Gasteiger partial charge in [-0.2, -0.15) is 5.10 Å². The van der Waals surface area contributed by atoms with Crippen LogP contribution in [-0.4, -0.2) is 22.4 Å². The number of nitrogens with two attached hydrogens (primary N) is 1. The molecule has 0 atom stereocenters. The largest absolute Gasteiger partial charge is 0.482 e. The third-order valence-electron chi connectivity index (χ3n) is 2.90. The number of nitrogens with zero attached hydrogens (tertiary/aromatic N) is 2. The number of carbonyl (C=O) groups is 1. The molecule has 0 unspecified atom stereocenters. The van der Waals surface area contributed by atoms with Gasteiger partial charge in [0.05, 0.1) is 11.4 Å². The number of esters is 1. The highest BCUT2D eigenvalue weighted by Crippen LogP contribution is 2.13. The van der Waals surface area contributed by atoms with Crippen LogP contribution in [0.15, 0.2) is 30.3 Å². The smallest absolute Gasteiger partial charge is 0.344 e. The van der Waals surface area contributed by atoms with Crippen LogP contribution in [0, 0.1) is 6.92 Å². The molecular weight excluding hydrogens is 270 g/mol. The molecular formula is C15H19N3O3. The Kier molecular flexibility index (Phi) is 4.81. The number of nitrogen functional groups attached to an aromatic ring is 1. The fourth-order valence-electron chi connectivity index (χ4n) is 1.89. The molecule has 0 amide bonds. The topological polar surface area (TPSA) is 79.4 Å². The molecule has 1 heterocycles. The molecule has 6 nitrogen and oxygen atoms in total. The Morgan fingerprint density at radius 1 is 1.33 bits per heavy atom. The first-order valence-corrected chi connectivity index (χ1v) is 6.75. The van der Waals surface area contributed by atoms with Gasteiger partial charge in [0.1, 0.15) is 12.4 Å². The van der Waals surface area contributed by atoms with E-state index in [1.807, 2.05) is 24.6 Å². The molecule has 0 saturated heterocycles. The van der Waals surface area contributed by atoms with E-state index < -0.39 is 5.97 Å². The minimum Gasteiger partial charge on any atom is -0.482 e. The Bertz CT molecular complexity index is 605. The Morgan fingerprint density at radius 2 is 2.05 bits per heavy atom. The van der Waals surface area contributed by atoms with Gasteiger partial charge in [-0.25, -0.2) is 4.79 Å². The van der Waals surface area contributed by atoms with Gasteiger partial charge in [0.15, 0.2) is 6.61 Å². The van der Waals surface area contributed by atoms with Crippen LogP contribution in [0.25, 0.3) is 0 Å². The lowest BCUT2D eigenvalue weighted by molar-refractivity contribution is -0.147. The maximum absolute atomic E-state index is 11.7. The lowest BCUT2D eigenvalue weighted by Crippen LogP contribution is -2.16. The number of rotatable bonds is 6. The van der Waals surface area contributed by atoms with Gasteiger partial charge in [0, 0.05) is 12.2 Å². The van der Waals surface area contributed by atoms with Crippen molar-refractivity contribution in [3.8, 4) is 5.75 Å². The van der Waals surface area contributed by atoms with Gasteiger partial charge in [-0.05, 0) is 44.2 Å². The molecule has 1 aromatic heterocycles. The van der Waals surface area contributed by atoms with Crippen LogP contribution in [0.2, 0.25) is 0 Å². The third-order valence-corrected chi connectivity index (χ3v) is 2.90. The SMILES string of the molecule is CCn1nc(C)cc1COC(=O)COc1ccc(N)cc1. The average molecular weight is 289 g/mol. The van der Waals surface area contributed by atoms with Crippen LogP contribution < -0.4 is 10.5 Å². The van der Waals surface area contributed by atoms with Gasteiger partial charge in [-0.15, -0.1) is 0 Å². The summed E-state index contributed by atoms with van der Waals surface area (Å²) >= 11 is 0. The maximum atomic E-state index is 11.7. The van der Waals surface area contributed by atoms with Crippen LogP contribution in [0.5, 0.6) is 5.75 Å². The molecule has 0 spiro atoms. The highest BCUT2D eigenvalue weighted by Gasteiger charge is 2.09.